The summed E-state index contributed by atoms with van der Waals surface area (Å²) in [5.41, 5.74) is 4.20. The number of benzene rings is 2. The number of rotatable bonds is 5. The number of aryl methyl sites for hydroxylation is 1. The molecule has 1 amide bonds. The summed E-state index contributed by atoms with van der Waals surface area (Å²) in [5, 5.41) is 3.79. The molecule has 4 rings (SSSR count). The number of carbonyl (C=O) groups excluding carboxylic acids is 1. The monoisotopic (exact) mass is 334 g/mol. The molecule has 3 nitrogen and oxygen atoms in total. The van der Waals surface area contributed by atoms with Gasteiger partial charge in [-0.05, 0) is 42.4 Å². The molecule has 1 saturated heterocycles. The van der Waals surface area contributed by atoms with E-state index in [0.717, 1.165) is 38.8 Å². The molecule has 2 aromatic carbocycles. The molecule has 0 spiro atoms. The maximum absolute atomic E-state index is 12.5. The van der Waals surface area contributed by atoms with E-state index >= 15 is 0 Å². The second-order valence-electron chi connectivity index (χ2n) is 7.35. The van der Waals surface area contributed by atoms with Gasteiger partial charge >= 0.3 is 0 Å². The van der Waals surface area contributed by atoms with E-state index in [1.807, 2.05) is 23.1 Å². The van der Waals surface area contributed by atoms with Gasteiger partial charge < -0.3 is 10.2 Å². The van der Waals surface area contributed by atoms with Crippen molar-refractivity contribution in [2.45, 2.75) is 44.2 Å². The molecule has 0 saturated carbocycles. The van der Waals surface area contributed by atoms with E-state index < -0.39 is 0 Å². The fraction of sp³-hybridized carbons (Fsp3) is 0.409. The van der Waals surface area contributed by atoms with Crippen LogP contribution in [0.3, 0.4) is 0 Å². The molecular formula is C22H26N2O. The standard InChI is InChI=1S/C22H26N2O/c25-22(11-10-17-6-2-1-3-7-17)24-13-12-20(16-24)23-21-14-18-8-4-5-9-19(18)15-21/h1-9,20-21,23H,10-16H2. The molecule has 3 heteroatoms. The third-order valence-corrected chi connectivity index (χ3v) is 5.53. The van der Waals surface area contributed by atoms with Crippen molar-refractivity contribution < 1.29 is 4.79 Å². The Morgan fingerprint density at radius 1 is 0.960 bits per heavy atom. The molecule has 1 unspecified atom stereocenters. The molecule has 2 aromatic rings. The van der Waals surface area contributed by atoms with Gasteiger partial charge in [-0.15, -0.1) is 0 Å². The van der Waals surface area contributed by atoms with Crippen LogP contribution in [0.1, 0.15) is 29.5 Å². The summed E-state index contributed by atoms with van der Waals surface area (Å²) in [6.45, 7) is 1.76. The number of nitrogens with one attached hydrogen (secondary N) is 1. The second kappa shape index (κ2) is 7.40. The van der Waals surface area contributed by atoms with Gasteiger partial charge in [0.15, 0.2) is 0 Å². The molecule has 25 heavy (non-hydrogen) atoms. The average Bonchev–Trinajstić information content (AvgIpc) is 3.27. The van der Waals surface area contributed by atoms with Crippen LogP contribution in [0.2, 0.25) is 0 Å². The lowest BCUT2D eigenvalue weighted by Gasteiger charge is -2.20. The zero-order valence-electron chi connectivity index (χ0n) is 14.7. The van der Waals surface area contributed by atoms with Crippen LogP contribution in [0.15, 0.2) is 54.6 Å². The number of hydrogen-bond acceptors (Lipinski definition) is 2. The van der Waals surface area contributed by atoms with Crippen LogP contribution < -0.4 is 5.32 Å². The van der Waals surface area contributed by atoms with E-state index in [-0.39, 0.29) is 0 Å². The summed E-state index contributed by atoms with van der Waals surface area (Å²) in [4.78, 5) is 14.5. The molecule has 1 aliphatic carbocycles. The Morgan fingerprint density at radius 2 is 1.64 bits per heavy atom. The van der Waals surface area contributed by atoms with Crippen LogP contribution in [0.25, 0.3) is 0 Å². The lowest BCUT2D eigenvalue weighted by Crippen LogP contribution is -2.41. The molecule has 0 radical (unpaired) electrons. The van der Waals surface area contributed by atoms with Crippen molar-refractivity contribution in [2.75, 3.05) is 13.1 Å². The van der Waals surface area contributed by atoms with Crippen molar-refractivity contribution >= 4 is 5.91 Å². The maximum Gasteiger partial charge on any atom is 0.222 e. The zero-order chi connectivity index (χ0) is 17.1. The SMILES string of the molecule is O=C(CCc1ccccc1)N1CCC(NC2Cc3ccccc3C2)C1. The smallest absolute Gasteiger partial charge is 0.222 e. The quantitative estimate of drug-likeness (QED) is 0.912. The Labute approximate surface area is 150 Å². The van der Waals surface area contributed by atoms with Gasteiger partial charge in [-0.3, -0.25) is 4.79 Å². The van der Waals surface area contributed by atoms with Crippen molar-refractivity contribution in [1.29, 1.82) is 0 Å². The molecule has 130 valence electrons. The number of hydrogen-bond donors (Lipinski definition) is 1. The zero-order valence-corrected chi connectivity index (χ0v) is 14.7. The van der Waals surface area contributed by atoms with Gasteiger partial charge in [0.25, 0.3) is 0 Å². The highest BCUT2D eigenvalue weighted by molar-refractivity contribution is 5.76. The van der Waals surface area contributed by atoms with Crippen molar-refractivity contribution in [1.82, 2.24) is 10.2 Å². The van der Waals surface area contributed by atoms with Gasteiger partial charge in [-0.1, -0.05) is 54.6 Å². The van der Waals surface area contributed by atoms with Crippen molar-refractivity contribution in [2.24, 2.45) is 0 Å². The molecule has 1 fully saturated rings. The largest absolute Gasteiger partial charge is 0.341 e. The topological polar surface area (TPSA) is 32.3 Å². The van der Waals surface area contributed by atoms with E-state index in [1.54, 1.807) is 0 Å². The second-order valence-corrected chi connectivity index (χ2v) is 7.35. The minimum Gasteiger partial charge on any atom is -0.341 e. The fourth-order valence-corrected chi connectivity index (χ4v) is 4.19. The van der Waals surface area contributed by atoms with Gasteiger partial charge in [0.1, 0.15) is 0 Å². The van der Waals surface area contributed by atoms with Gasteiger partial charge in [0, 0.05) is 31.6 Å². The van der Waals surface area contributed by atoms with Gasteiger partial charge in [-0.25, -0.2) is 0 Å². The maximum atomic E-state index is 12.5. The minimum absolute atomic E-state index is 0.294. The predicted octanol–water partition coefficient (Wildman–Crippen LogP) is 2.98. The summed E-state index contributed by atoms with van der Waals surface area (Å²) >= 11 is 0. The molecule has 1 aliphatic heterocycles. The normalized spacial score (nSPS) is 20.0. The Kier molecular flexibility index (Phi) is 4.84. The number of carbonyl (C=O) groups is 1. The highest BCUT2D eigenvalue weighted by atomic mass is 16.2. The third kappa shape index (κ3) is 3.93. The van der Waals surface area contributed by atoms with E-state index in [1.165, 1.54) is 16.7 Å². The Hall–Kier alpha value is -2.13. The molecule has 1 atom stereocenters. The summed E-state index contributed by atoms with van der Waals surface area (Å²) in [5.74, 6) is 0.294. The molecule has 2 aliphatic rings. The van der Waals surface area contributed by atoms with Crippen LogP contribution >= 0.6 is 0 Å². The summed E-state index contributed by atoms with van der Waals surface area (Å²) < 4.78 is 0. The Bertz CT molecular complexity index is 703. The predicted molar refractivity (Wildman–Crippen MR) is 101 cm³/mol. The number of fused-ring (bicyclic) bond motifs is 1. The van der Waals surface area contributed by atoms with Crippen LogP contribution in [0.5, 0.6) is 0 Å². The van der Waals surface area contributed by atoms with Crippen molar-refractivity contribution in [3.05, 3.63) is 71.3 Å². The summed E-state index contributed by atoms with van der Waals surface area (Å²) in [6.07, 6.45) is 4.77. The molecule has 1 heterocycles. The molecule has 0 bridgehead atoms. The first-order valence-corrected chi connectivity index (χ1v) is 9.42. The van der Waals surface area contributed by atoms with Gasteiger partial charge in [0.05, 0.1) is 0 Å². The summed E-state index contributed by atoms with van der Waals surface area (Å²) in [7, 11) is 0. The van der Waals surface area contributed by atoms with Crippen molar-refractivity contribution in [3.8, 4) is 0 Å². The highest BCUT2D eigenvalue weighted by Gasteiger charge is 2.29. The van der Waals surface area contributed by atoms with E-state index in [2.05, 4.69) is 41.7 Å². The number of likely N-dealkylation sites (tertiary alicyclic amines) is 1. The number of nitrogens with zero attached hydrogens (tertiary/aromatic N) is 1. The van der Waals surface area contributed by atoms with Gasteiger partial charge in [0.2, 0.25) is 5.91 Å². The van der Waals surface area contributed by atoms with E-state index in [0.29, 0.717) is 24.4 Å². The van der Waals surface area contributed by atoms with E-state index in [4.69, 9.17) is 0 Å². The third-order valence-electron chi connectivity index (χ3n) is 5.53. The lowest BCUT2D eigenvalue weighted by molar-refractivity contribution is -0.130. The molecule has 0 aromatic heterocycles. The lowest BCUT2D eigenvalue weighted by atomic mass is 10.1. The van der Waals surface area contributed by atoms with Crippen LogP contribution in [0.4, 0.5) is 0 Å². The van der Waals surface area contributed by atoms with E-state index in [9.17, 15) is 4.79 Å². The number of amides is 1. The van der Waals surface area contributed by atoms with Crippen molar-refractivity contribution in [3.63, 3.8) is 0 Å². The molecular weight excluding hydrogens is 308 g/mol. The van der Waals surface area contributed by atoms with Crippen LogP contribution in [0, 0.1) is 0 Å². The average molecular weight is 334 g/mol. The minimum atomic E-state index is 0.294. The Balaban J connectivity index is 1.24. The first-order chi connectivity index (χ1) is 12.3. The summed E-state index contributed by atoms with van der Waals surface area (Å²) in [6, 6.07) is 20.0. The van der Waals surface area contributed by atoms with Gasteiger partial charge in [-0.2, -0.15) is 0 Å². The Morgan fingerprint density at radius 3 is 2.36 bits per heavy atom. The highest BCUT2D eigenvalue weighted by Crippen LogP contribution is 2.23. The van der Waals surface area contributed by atoms with Crippen LogP contribution in [-0.4, -0.2) is 36.0 Å². The molecule has 1 N–H and O–H groups in total. The first-order valence-electron chi connectivity index (χ1n) is 9.42. The first kappa shape index (κ1) is 16.3. The van der Waals surface area contributed by atoms with Crippen LogP contribution in [-0.2, 0) is 24.1 Å². The fourth-order valence-electron chi connectivity index (χ4n) is 4.19.